The Balaban J connectivity index is 1.20. The molecule has 0 N–H and O–H groups in total. The monoisotopic (exact) mass is 464 g/mol. The number of rotatable bonds is 3. The molecule has 2 saturated heterocycles. The van der Waals surface area contributed by atoms with E-state index in [-0.39, 0.29) is 5.91 Å². The van der Waals surface area contributed by atoms with Crippen LogP contribution in [0.4, 0.5) is 5.13 Å². The van der Waals surface area contributed by atoms with E-state index in [0.29, 0.717) is 22.4 Å². The lowest BCUT2D eigenvalue weighted by Gasteiger charge is -2.22. The highest BCUT2D eigenvalue weighted by Gasteiger charge is 2.43. The number of likely N-dealkylation sites (tertiary alicyclic amines) is 1. The van der Waals surface area contributed by atoms with Crippen molar-refractivity contribution in [2.45, 2.75) is 6.92 Å². The van der Waals surface area contributed by atoms with Crippen LogP contribution >= 0.6 is 22.9 Å². The number of amides is 1. The van der Waals surface area contributed by atoms with Crippen molar-refractivity contribution < 1.29 is 4.79 Å². The molecule has 2 aromatic heterocycles. The molecule has 2 aliphatic heterocycles. The summed E-state index contributed by atoms with van der Waals surface area (Å²) in [7, 11) is 0. The first-order valence-corrected chi connectivity index (χ1v) is 11.8. The van der Waals surface area contributed by atoms with Crippen LogP contribution in [0.3, 0.4) is 0 Å². The number of aromatic nitrogens is 4. The minimum absolute atomic E-state index is 0.0524. The number of benzene rings is 2. The molecule has 2 aliphatic rings. The molecule has 6 rings (SSSR count). The van der Waals surface area contributed by atoms with E-state index in [4.69, 9.17) is 16.6 Å². The lowest BCUT2D eigenvalue weighted by Crippen LogP contribution is -2.34. The Morgan fingerprint density at radius 1 is 1.03 bits per heavy atom. The molecule has 4 heterocycles. The van der Waals surface area contributed by atoms with Crippen molar-refractivity contribution in [2.75, 3.05) is 31.1 Å². The third kappa shape index (κ3) is 3.34. The highest BCUT2D eigenvalue weighted by atomic mass is 35.5. The fourth-order valence-electron chi connectivity index (χ4n) is 4.84. The van der Waals surface area contributed by atoms with E-state index in [1.807, 2.05) is 48.2 Å². The second-order valence-electron chi connectivity index (χ2n) is 8.58. The molecular formula is C23H21ClN6OS. The number of halogens is 1. The summed E-state index contributed by atoms with van der Waals surface area (Å²) in [5.41, 5.74) is 3.37. The first-order valence-electron chi connectivity index (χ1n) is 10.6. The molecule has 0 radical (unpaired) electrons. The molecule has 4 aromatic rings. The van der Waals surface area contributed by atoms with Gasteiger partial charge in [-0.2, -0.15) is 15.0 Å². The molecule has 7 nitrogen and oxygen atoms in total. The number of anilines is 1. The third-order valence-corrected chi connectivity index (χ3v) is 7.73. The fourth-order valence-corrected chi connectivity index (χ4v) is 5.98. The van der Waals surface area contributed by atoms with Crippen LogP contribution in [0, 0.1) is 18.8 Å². The summed E-state index contributed by atoms with van der Waals surface area (Å²) in [6.07, 6.45) is 3.25. The van der Waals surface area contributed by atoms with Crippen LogP contribution in [0.1, 0.15) is 15.9 Å². The molecule has 0 spiro atoms. The van der Waals surface area contributed by atoms with Gasteiger partial charge in [0.1, 0.15) is 0 Å². The van der Waals surface area contributed by atoms with Crippen molar-refractivity contribution in [3.05, 3.63) is 64.9 Å². The molecular weight excluding hydrogens is 444 g/mol. The van der Waals surface area contributed by atoms with E-state index in [1.165, 1.54) is 4.80 Å². The van der Waals surface area contributed by atoms with Crippen LogP contribution < -0.4 is 4.90 Å². The van der Waals surface area contributed by atoms with Gasteiger partial charge in [-0.15, -0.1) is 0 Å². The summed E-state index contributed by atoms with van der Waals surface area (Å²) in [6, 6.07) is 11.7. The normalized spacial score (nSPS) is 20.3. The molecule has 0 saturated carbocycles. The largest absolute Gasteiger partial charge is 0.347 e. The van der Waals surface area contributed by atoms with E-state index >= 15 is 0 Å². The van der Waals surface area contributed by atoms with E-state index in [9.17, 15) is 4.79 Å². The molecule has 0 unspecified atom stereocenters. The smallest absolute Gasteiger partial charge is 0.256 e. The molecule has 162 valence electrons. The summed E-state index contributed by atoms with van der Waals surface area (Å²) >= 11 is 7.83. The Morgan fingerprint density at radius 3 is 2.53 bits per heavy atom. The van der Waals surface area contributed by atoms with Gasteiger partial charge in [-0.25, -0.2) is 4.98 Å². The highest BCUT2D eigenvalue weighted by Crippen LogP contribution is 2.38. The Hall–Kier alpha value is -2.97. The molecule has 0 bridgehead atoms. The number of carbonyl (C=O) groups is 1. The standard InChI is InChI=1S/C23H21ClN6OS/c1-14-2-4-20(30-25-6-7-26-30)18(8-14)22(31)28-10-15-12-29(13-16(15)11-28)23-27-19-9-17(24)3-5-21(19)32-23/h2-9,15-16H,10-13H2,1H3/t15-,16+. The zero-order valence-corrected chi connectivity index (χ0v) is 19.1. The van der Waals surface area contributed by atoms with E-state index in [0.717, 1.165) is 52.8 Å². The van der Waals surface area contributed by atoms with Gasteiger partial charge in [0.05, 0.1) is 33.9 Å². The maximum atomic E-state index is 13.5. The molecule has 32 heavy (non-hydrogen) atoms. The summed E-state index contributed by atoms with van der Waals surface area (Å²) in [5, 5.41) is 10.2. The molecule has 2 atom stereocenters. The third-order valence-electron chi connectivity index (χ3n) is 6.40. The number of fused-ring (bicyclic) bond motifs is 2. The summed E-state index contributed by atoms with van der Waals surface area (Å²) in [4.78, 5) is 24.1. The van der Waals surface area contributed by atoms with Crippen LogP contribution in [-0.4, -0.2) is 57.0 Å². The van der Waals surface area contributed by atoms with E-state index < -0.39 is 0 Å². The number of hydrogen-bond acceptors (Lipinski definition) is 6. The van der Waals surface area contributed by atoms with Gasteiger partial charge in [-0.3, -0.25) is 4.79 Å². The van der Waals surface area contributed by atoms with Gasteiger partial charge in [0, 0.05) is 43.0 Å². The first-order chi connectivity index (χ1) is 15.5. The second kappa shape index (κ2) is 7.56. The maximum Gasteiger partial charge on any atom is 0.256 e. The Bertz CT molecular complexity index is 1310. The molecule has 2 aromatic carbocycles. The quantitative estimate of drug-likeness (QED) is 0.457. The topological polar surface area (TPSA) is 67.2 Å². The Kier molecular flexibility index (Phi) is 4.66. The van der Waals surface area contributed by atoms with Gasteiger partial charge in [-0.1, -0.05) is 34.6 Å². The minimum atomic E-state index is 0.0524. The van der Waals surface area contributed by atoms with Crippen molar-refractivity contribution in [2.24, 2.45) is 11.8 Å². The summed E-state index contributed by atoms with van der Waals surface area (Å²) in [6.45, 7) is 5.36. The van der Waals surface area contributed by atoms with Gasteiger partial charge >= 0.3 is 0 Å². The number of aryl methyl sites for hydroxylation is 1. The van der Waals surface area contributed by atoms with Crippen molar-refractivity contribution in [3.63, 3.8) is 0 Å². The number of thiazole rings is 1. The van der Waals surface area contributed by atoms with Crippen molar-refractivity contribution in [1.82, 2.24) is 24.9 Å². The van der Waals surface area contributed by atoms with Crippen molar-refractivity contribution in [3.8, 4) is 5.69 Å². The highest BCUT2D eigenvalue weighted by molar-refractivity contribution is 7.22. The van der Waals surface area contributed by atoms with Crippen LogP contribution in [0.5, 0.6) is 0 Å². The first kappa shape index (κ1) is 19.7. The van der Waals surface area contributed by atoms with Crippen LogP contribution in [-0.2, 0) is 0 Å². The lowest BCUT2D eigenvalue weighted by atomic mass is 10.0. The number of nitrogens with zero attached hydrogens (tertiary/aromatic N) is 6. The maximum absolute atomic E-state index is 13.5. The number of hydrogen-bond donors (Lipinski definition) is 0. The average Bonchev–Trinajstić information content (AvgIpc) is 3.54. The summed E-state index contributed by atoms with van der Waals surface area (Å²) < 4.78 is 1.15. The van der Waals surface area contributed by atoms with Crippen LogP contribution in [0.25, 0.3) is 15.9 Å². The second-order valence-corrected chi connectivity index (χ2v) is 10.0. The Morgan fingerprint density at radius 2 is 1.78 bits per heavy atom. The van der Waals surface area contributed by atoms with E-state index in [2.05, 4.69) is 15.1 Å². The van der Waals surface area contributed by atoms with Gasteiger partial charge < -0.3 is 9.80 Å². The van der Waals surface area contributed by atoms with Gasteiger partial charge in [0.2, 0.25) is 0 Å². The predicted molar refractivity (Wildman–Crippen MR) is 126 cm³/mol. The molecule has 2 fully saturated rings. The van der Waals surface area contributed by atoms with Crippen molar-refractivity contribution in [1.29, 1.82) is 0 Å². The average molecular weight is 465 g/mol. The predicted octanol–water partition coefficient (Wildman–Crippen LogP) is 4.05. The van der Waals surface area contributed by atoms with Gasteiger partial charge in [0.15, 0.2) is 5.13 Å². The number of carbonyl (C=O) groups excluding carboxylic acids is 1. The van der Waals surface area contributed by atoms with E-state index in [1.54, 1.807) is 23.7 Å². The lowest BCUT2D eigenvalue weighted by molar-refractivity contribution is 0.0782. The fraction of sp³-hybridized carbons (Fsp3) is 0.304. The SMILES string of the molecule is Cc1ccc(-n2nccn2)c(C(=O)N2C[C@@H]3CN(c4nc5cc(Cl)ccc5s4)C[C@@H]3C2)c1. The Labute approximate surface area is 194 Å². The molecule has 0 aliphatic carbocycles. The van der Waals surface area contributed by atoms with Crippen LogP contribution in [0.2, 0.25) is 5.02 Å². The molecule has 1 amide bonds. The minimum Gasteiger partial charge on any atom is -0.347 e. The van der Waals surface area contributed by atoms with Gasteiger partial charge in [-0.05, 0) is 37.3 Å². The van der Waals surface area contributed by atoms with Crippen LogP contribution in [0.15, 0.2) is 48.8 Å². The zero-order chi connectivity index (χ0) is 21.8. The van der Waals surface area contributed by atoms with Crippen molar-refractivity contribution >= 4 is 44.2 Å². The summed E-state index contributed by atoms with van der Waals surface area (Å²) in [5.74, 6) is 0.952. The zero-order valence-electron chi connectivity index (χ0n) is 17.5. The van der Waals surface area contributed by atoms with Gasteiger partial charge in [0.25, 0.3) is 5.91 Å². The molecule has 9 heteroatoms.